The first-order chi connectivity index (χ1) is 14.0. The van der Waals surface area contributed by atoms with Crippen molar-refractivity contribution in [2.24, 2.45) is 11.8 Å². The van der Waals surface area contributed by atoms with Crippen LogP contribution >= 0.6 is 11.3 Å². The van der Waals surface area contributed by atoms with E-state index in [1.807, 2.05) is 24.3 Å². The second kappa shape index (κ2) is 10.4. The summed E-state index contributed by atoms with van der Waals surface area (Å²) in [6.07, 6.45) is 3.42. The summed E-state index contributed by atoms with van der Waals surface area (Å²) in [6.45, 7) is 2.70. The first-order valence-electron chi connectivity index (χ1n) is 9.90. The smallest absolute Gasteiger partial charge is 0.411 e. The van der Waals surface area contributed by atoms with Crippen molar-refractivity contribution in [1.29, 1.82) is 0 Å². The van der Waals surface area contributed by atoms with Crippen molar-refractivity contribution in [2.75, 3.05) is 25.1 Å². The van der Waals surface area contributed by atoms with Crippen molar-refractivity contribution in [3.05, 3.63) is 41.3 Å². The lowest BCUT2D eigenvalue weighted by Gasteiger charge is -2.27. The number of anilines is 1. The van der Waals surface area contributed by atoms with Gasteiger partial charge in [0.2, 0.25) is 0 Å². The normalized spacial score (nSPS) is 18.9. The lowest BCUT2D eigenvalue weighted by molar-refractivity contribution is -0.142. The second-order valence-corrected chi connectivity index (χ2v) is 8.76. The Kier molecular flexibility index (Phi) is 7.66. The highest BCUT2D eigenvalue weighted by atomic mass is 32.1. The van der Waals surface area contributed by atoms with E-state index in [-0.39, 0.29) is 6.61 Å². The standard InChI is InChI=1S/C22H27NO5S/c1-15-6-11-20(29-15)18-4-2-3-5-19(18)23-22(26)28-13-17-9-7-16(8-10-17)12-27-14-21(24)25/h2-6,11,16-17H,7-10,12-14H2,1H3,(H,23,26)(H,24,25). The number of aliphatic carboxylic acids is 1. The molecule has 1 fully saturated rings. The van der Waals surface area contributed by atoms with Gasteiger partial charge in [-0.2, -0.15) is 0 Å². The van der Waals surface area contributed by atoms with Crippen LogP contribution < -0.4 is 5.32 Å². The number of carbonyl (C=O) groups excluding carboxylic acids is 1. The quantitative estimate of drug-likeness (QED) is 0.618. The summed E-state index contributed by atoms with van der Waals surface area (Å²) in [5.41, 5.74) is 1.74. The van der Waals surface area contributed by atoms with E-state index in [4.69, 9.17) is 14.6 Å². The summed E-state index contributed by atoms with van der Waals surface area (Å²) in [6, 6.07) is 11.9. The van der Waals surface area contributed by atoms with Crippen LogP contribution in [0, 0.1) is 18.8 Å². The highest BCUT2D eigenvalue weighted by Crippen LogP contribution is 2.33. The number of nitrogens with one attached hydrogen (secondary N) is 1. The van der Waals surface area contributed by atoms with Crippen LogP contribution in [-0.4, -0.2) is 37.0 Å². The SMILES string of the molecule is Cc1ccc(-c2ccccc2NC(=O)OCC2CCC(COCC(=O)O)CC2)s1. The number of carbonyl (C=O) groups is 2. The van der Waals surface area contributed by atoms with Crippen molar-refractivity contribution in [1.82, 2.24) is 0 Å². The van der Waals surface area contributed by atoms with E-state index in [1.165, 1.54) is 4.88 Å². The summed E-state index contributed by atoms with van der Waals surface area (Å²) >= 11 is 1.69. The maximum absolute atomic E-state index is 12.3. The average molecular weight is 418 g/mol. The molecule has 1 heterocycles. The zero-order valence-electron chi connectivity index (χ0n) is 16.6. The first kappa shape index (κ1) is 21.3. The number of aryl methyl sites for hydroxylation is 1. The molecule has 3 rings (SSSR count). The molecule has 29 heavy (non-hydrogen) atoms. The molecule has 156 valence electrons. The highest BCUT2D eigenvalue weighted by Gasteiger charge is 2.23. The van der Waals surface area contributed by atoms with Gasteiger partial charge in [-0.3, -0.25) is 5.32 Å². The molecule has 1 saturated carbocycles. The minimum absolute atomic E-state index is 0.240. The number of amides is 1. The largest absolute Gasteiger partial charge is 0.480 e. The van der Waals surface area contributed by atoms with E-state index < -0.39 is 12.1 Å². The fourth-order valence-corrected chi connectivity index (χ4v) is 4.51. The Labute approximate surface area is 174 Å². The molecule has 2 aromatic rings. The number of hydrogen-bond donors (Lipinski definition) is 2. The van der Waals surface area contributed by atoms with E-state index in [1.54, 1.807) is 11.3 Å². The molecular weight excluding hydrogens is 390 g/mol. The minimum atomic E-state index is -0.936. The highest BCUT2D eigenvalue weighted by molar-refractivity contribution is 7.15. The molecule has 1 aliphatic carbocycles. The van der Waals surface area contributed by atoms with E-state index >= 15 is 0 Å². The monoisotopic (exact) mass is 417 g/mol. The number of carboxylic acid groups (broad SMARTS) is 1. The summed E-state index contributed by atoms with van der Waals surface area (Å²) in [5.74, 6) is -0.207. The van der Waals surface area contributed by atoms with Crippen molar-refractivity contribution >= 4 is 29.1 Å². The lowest BCUT2D eigenvalue weighted by atomic mass is 9.83. The van der Waals surface area contributed by atoms with Gasteiger partial charge in [-0.05, 0) is 62.6 Å². The number of hydrogen-bond acceptors (Lipinski definition) is 5. The van der Waals surface area contributed by atoms with Gasteiger partial charge in [-0.25, -0.2) is 9.59 Å². The molecule has 1 amide bonds. The Bertz CT molecular complexity index is 826. The number of thiophene rings is 1. The molecule has 0 spiro atoms. The van der Waals surface area contributed by atoms with E-state index in [0.29, 0.717) is 25.0 Å². The van der Waals surface area contributed by atoms with Crippen molar-refractivity contribution in [3.8, 4) is 10.4 Å². The summed E-state index contributed by atoms with van der Waals surface area (Å²) in [4.78, 5) is 25.1. The average Bonchev–Trinajstić information content (AvgIpc) is 3.14. The number of rotatable bonds is 8. The van der Waals surface area contributed by atoms with Crippen LogP contribution in [0.25, 0.3) is 10.4 Å². The topological polar surface area (TPSA) is 84.9 Å². The van der Waals surface area contributed by atoms with Crippen LogP contribution in [0.3, 0.4) is 0 Å². The summed E-state index contributed by atoms with van der Waals surface area (Å²) in [5, 5.41) is 11.5. The maximum atomic E-state index is 12.3. The molecule has 0 unspecified atom stereocenters. The Morgan fingerprint density at radius 1 is 1.07 bits per heavy atom. The van der Waals surface area contributed by atoms with Gasteiger partial charge < -0.3 is 14.6 Å². The molecule has 1 aliphatic rings. The lowest BCUT2D eigenvalue weighted by Crippen LogP contribution is -2.25. The number of para-hydroxylation sites is 1. The Morgan fingerprint density at radius 2 is 1.76 bits per heavy atom. The zero-order chi connectivity index (χ0) is 20.6. The van der Waals surface area contributed by atoms with Crippen molar-refractivity contribution < 1.29 is 24.2 Å². The van der Waals surface area contributed by atoms with Gasteiger partial charge in [0.1, 0.15) is 6.61 Å². The van der Waals surface area contributed by atoms with Gasteiger partial charge in [0.25, 0.3) is 0 Å². The van der Waals surface area contributed by atoms with Crippen LogP contribution in [0.4, 0.5) is 10.5 Å². The Hall–Kier alpha value is -2.38. The predicted molar refractivity (Wildman–Crippen MR) is 113 cm³/mol. The predicted octanol–water partition coefficient (Wildman–Crippen LogP) is 5.18. The molecule has 0 aliphatic heterocycles. The van der Waals surface area contributed by atoms with Gasteiger partial charge in [-0.1, -0.05) is 18.2 Å². The Morgan fingerprint density at radius 3 is 2.41 bits per heavy atom. The molecule has 6 nitrogen and oxygen atoms in total. The van der Waals surface area contributed by atoms with Gasteiger partial charge in [0.15, 0.2) is 0 Å². The van der Waals surface area contributed by atoms with Crippen molar-refractivity contribution in [2.45, 2.75) is 32.6 Å². The fourth-order valence-electron chi connectivity index (χ4n) is 3.60. The van der Waals surface area contributed by atoms with Crippen LogP contribution in [0.2, 0.25) is 0 Å². The third kappa shape index (κ3) is 6.58. The molecule has 7 heteroatoms. The van der Waals surface area contributed by atoms with Gasteiger partial charge in [0, 0.05) is 15.3 Å². The van der Waals surface area contributed by atoms with Crippen LogP contribution in [-0.2, 0) is 14.3 Å². The van der Waals surface area contributed by atoms with E-state index in [9.17, 15) is 9.59 Å². The molecule has 1 aromatic heterocycles. The van der Waals surface area contributed by atoms with Gasteiger partial charge >= 0.3 is 12.1 Å². The van der Waals surface area contributed by atoms with Crippen LogP contribution in [0.1, 0.15) is 30.6 Å². The summed E-state index contributed by atoms with van der Waals surface area (Å²) < 4.78 is 10.7. The van der Waals surface area contributed by atoms with Gasteiger partial charge in [-0.15, -0.1) is 11.3 Å². The third-order valence-electron chi connectivity index (χ3n) is 5.17. The molecule has 0 radical (unpaired) electrons. The third-order valence-corrected chi connectivity index (χ3v) is 6.20. The number of carboxylic acids is 1. The van der Waals surface area contributed by atoms with Gasteiger partial charge in [0.05, 0.1) is 18.9 Å². The van der Waals surface area contributed by atoms with E-state index in [0.717, 1.165) is 41.8 Å². The number of benzene rings is 1. The van der Waals surface area contributed by atoms with Crippen LogP contribution in [0.5, 0.6) is 0 Å². The molecule has 1 aromatic carbocycles. The molecule has 2 N–H and O–H groups in total. The molecular formula is C22H27NO5S. The summed E-state index contributed by atoms with van der Waals surface area (Å²) in [7, 11) is 0. The molecule has 0 bridgehead atoms. The Balaban J connectivity index is 1.43. The molecule has 0 atom stereocenters. The fraction of sp³-hybridized carbons (Fsp3) is 0.455. The zero-order valence-corrected chi connectivity index (χ0v) is 17.4. The first-order valence-corrected chi connectivity index (χ1v) is 10.7. The number of ether oxygens (including phenoxy) is 2. The molecule has 0 saturated heterocycles. The van der Waals surface area contributed by atoms with E-state index in [2.05, 4.69) is 24.4 Å². The second-order valence-electron chi connectivity index (χ2n) is 7.47. The van der Waals surface area contributed by atoms with Crippen molar-refractivity contribution in [3.63, 3.8) is 0 Å². The maximum Gasteiger partial charge on any atom is 0.411 e. The minimum Gasteiger partial charge on any atom is -0.480 e. The van der Waals surface area contributed by atoms with Crippen LogP contribution in [0.15, 0.2) is 36.4 Å².